The number of halogens is 1. The van der Waals surface area contributed by atoms with Gasteiger partial charge in [0.05, 0.1) is 5.92 Å². The molecule has 114 valence electrons. The minimum atomic E-state index is -0.298. The molecule has 2 amide bonds. The van der Waals surface area contributed by atoms with Crippen molar-refractivity contribution in [2.24, 2.45) is 11.7 Å². The van der Waals surface area contributed by atoms with Crippen LogP contribution >= 0.6 is 11.6 Å². The van der Waals surface area contributed by atoms with Crippen molar-refractivity contribution < 1.29 is 9.59 Å². The fraction of sp³-hybridized carbons (Fsp3) is 0.500. The van der Waals surface area contributed by atoms with E-state index in [9.17, 15) is 9.59 Å². The molecular formula is C16H21ClN2O2. The summed E-state index contributed by atoms with van der Waals surface area (Å²) in [4.78, 5) is 25.2. The summed E-state index contributed by atoms with van der Waals surface area (Å²) in [5, 5.41) is 0.723. The highest BCUT2D eigenvalue weighted by molar-refractivity contribution is 6.30. The van der Waals surface area contributed by atoms with Crippen LogP contribution in [0.1, 0.15) is 31.2 Å². The first-order valence-corrected chi connectivity index (χ1v) is 7.75. The van der Waals surface area contributed by atoms with Gasteiger partial charge in [0.15, 0.2) is 0 Å². The van der Waals surface area contributed by atoms with Crippen molar-refractivity contribution in [3.8, 4) is 0 Å². The second-order valence-corrected chi connectivity index (χ2v) is 6.00. The van der Waals surface area contributed by atoms with Gasteiger partial charge in [0.1, 0.15) is 0 Å². The second-order valence-electron chi connectivity index (χ2n) is 5.56. The minimum Gasteiger partial charge on any atom is -0.369 e. The van der Waals surface area contributed by atoms with Crippen LogP contribution in [0.5, 0.6) is 0 Å². The Morgan fingerprint density at radius 1 is 1.29 bits per heavy atom. The van der Waals surface area contributed by atoms with Crippen LogP contribution in [0.15, 0.2) is 24.3 Å². The predicted molar refractivity (Wildman–Crippen MR) is 82.9 cm³/mol. The number of carbonyl (C=O) groups excluding carboxylic acids is 2. The third kappa shape index (κ3) is 4.74. The van der Waals surface area contributed by atoms with E-state index in [0.717, 1.165) is 37.3 Å². The maximum Gasteiger partial charge on any atom is 0.222 e. The highest BCUT2D eigenvalue weighted by Gasteiger charge is 2.26. The summed E-state index contributed by atoms with van der Waals surface area (Å²) >= 11 is 5.84. The third-order valence-electron chi connectivity index (χ3n) is 3.95. The second kappa shape index (κ2) is 7.46. The van der Waals surface area contributed by atoms with Gasteiger partial charge < -0.3 is 10.6 Å². The number of nitrogens with zero attached hydrogens (tertiary/aromatic N) is 1. The van der Waals surface area contributed by atoms with Crippen molar-refractivity contribution in [1.29, 1.82) is 0 Å². The molecule has 1 unspecified atom stereocenters. The summed E-state index contributed by atoms with van der Waals surface area (Å²) in [5.41, 5.74) is 6.51. The van der Waals surface area contributed by atoms with Gasteiger partial charge >= 0.3 is 0 Å². The molecule has 1 fully saturated rings. The molecule has 0 saturated carbocycles. The Kier molecular flexibility index (Phi) is 5.62. The summed E-state index contributed by atoms with van der Waals surface area (Å²) in [5.74, 6) is -0.359. The molecule has 21 heavy (non-hydrogen) atoms. The fourth-order valence-electron chi connectivity index (χ4n) is 2.69. The molecule has 1 aliphatic rings. The van der Waals surface area contributed by atoms with E-state index in [1.165, 1.54) is 5.56 Å². The van der Waals surface area contributed by atoms with Crippen LogP contribution in [0, 0.1) is 5.92 Å². The Labute approximate surface area is 130 Å². The molecule has 0 aromatic heterocycles. The molecule has 1 heterocycles. The van der Waals surface area contributed by atoms with E-state index in [2.05, 4.69) is 0 Å². The monoisotopic (exact) mass is 308 g/mol. The highest BCUT2D eigenvalue weighted by Crippen LogP contribution is 2.18. The number of hydrogen-bond donors (Lipinski definition) is 1. The fourth-order valence-corrected chi connectivity index (χ4v) is 2.81. The number of carbonyl (C=O) groups is 2. The van der Waals surface area contributed by atoms with Gasteiger partial charge in [-0.05, 0) is 43.4 Å². The molecule has 1 aliphatic heterocycles. The molecule has 1 aromatic rings. The lowest BCUT2D eigenvalue weighted by Crippen LogP contribution is -2.44. The first-order chi connectivity index (χ1) is 10.1. The molecule has 0 aliphatic carbocycles. The van der Waals surface area contributed by atoms with Gasteiger partial charge in [-0.1, -0.05) is 23.7 Å². The van der Waals surface area contributed by atoms with Crippen molar-refractivity contribution in [2.75, 3.05) is 13.1 Å². The number of piperidine rings is 1. The Bertz CT molecular complexity index is 502. The number of benzene rings is 1. The molecule has 0 spiro atoms. The Morgan fingerprint density at radius 3 is 2.67 bits per heavy atom. The molecule has 5 heteroatoms. The standard InChI is InChI=1S/C16H21ClN2O2/c17-14-8-6-12(7-9-14)3-1-5-15(20)19-10-2-4-13(11-19)16(18)21/h6-9,13H,1-5,10-11H2,(H2,18,21). The lowest BCUT2D eigenvalue weighted by molar-refractivity contribution is -0.135. The van der Waals surface area contributed by atoms with Crippen LogP contribution in [0.4, 0.5) is 0 Å². The molecule has 0 bridgehead atoms. The van der Waals surface area contributed by atoms with Crippen molar-refractivity contribution in [3.05, 3.63) is 34.9 Å². The van der Waals surface area contributed by atoms with Gasteiger partial charge in [-0.3, -0.25) is 9.59 Å². The summed E-state index contributed by atoms with van der Waals surface area (Å²) < 4.78 is 0. The van der Waals surface area contributed by atoms with Crippen LogP contribution < -0.4 is 5.73 Å². The van der Waals surface area contributed by atoms with Crippen molar-refractivity contribution in [2.45, 2.75) is 32.1 Å². The lowest BCUT2D eigenvalue weighted by Gasteiger charge is -2.31. The summed E-state index contributed by atoms with van der Waals surface area (Å²) in [6, 6.07) is 7.69. The van der Waals surface area contributed by atoms with E-state index in [0.29, 0.717) is 13.0 Å². The first-order valence-electron chi connectivity index (χ1n) is 7.38. The van der Waals surface area contributed by atoms with Crippen LogP contribution in [0.2, 0.25) is 5.02 Å². The third-order valence-corrected chi connectivity index (χ3v) is 4.20. The molecule has 4 nitrogen and oxygen atoms in total. The smallest absolute Gasteiger partial charge is 0.222 e. The molecule has 2 rings (SSSR count). The van der Waals surface area contributed by atoms with E-state index in [-0.39, 0.29) is 17.7 Å². The first kappa shape index (κ1) is 15.8. The Hall–Kier alpha value is -1.55. The molecule has 2 N–H and O–H groups in total. The van der Waals surface area contributed by atoms with Crippen LogP contribution in [0.25, 0.3) is 0 Å². The summed E-state index contributed by atoms with van der Waals surface area (Å²) in [7, 11) is 0. The molecule has 0 radical (unpaired) electrons. The van der Waals surface area contributed by atoms with Crippen molar-refractivity contribution in [1.82, 2.24) is 4.90 Å². The molecular weight excluding hydrogens is 288 g/mol. The highest BCUT2D eigenvalue weighted by atomic mass is 35.5. The zero-order chi connectivity index (χ0) is 15.2. The van der Waals surface area contributed by atoms with Crippen LogP contribution in [-0.4, -0.2) is 29.8 Å². The summed E-state index contributed by atoms with van der Waals surface area (Å²) in [6.45, 7) is 1.22. The quantitative estimate of drug-likeness (QED) is 0.907. The van der Waals surface area contributed by atoms with E-state index < -0.39 is 0 Å². The maximum absolute atomic E-state index is 12.2. The number of likely N-dealkylation sites (tertiary alicyclic amines) is 1. The zero-order valence-corrected chi connectivity index (χ0v) is 12.8. The SMILES string of the molecule is NC(=O)C1CCCN(C(=O)CCCc2ccc(Cl)cc2)C1. The summed E-state index contributed by atoms with van der Waals surface area (Å²) in [6.07, 6.45) is 3.82. The van der Waals surface area contributed by atoms with Gasteiger partial charge in [-0.2, -0.15) is 0 Å². The van der Waals surface area contributed by atoms with Gasteiger partial charge in [0.2, 0.25) is 11.8 Å². The lowest BCUT2D eigenvalue weighted by atomic mass is 9.97. The zero-order valence-electron chi connectivity index (χ0n) is 12.1. The average Bonchev–Trinajstić information content (AvgIpc) is 2.49. The average molecular weight is 309 g/mol. The number of primary amides is 1. The van der Waals surface area contributed by atoms with Crippen LogP contribution in [0.3, 0.4) is 0 Å². The number of amides is 2. The number of rotatable bonds is 5. The van der Waals surface area contributed by atoms with Gasteiger partial charge in [0.25, 0.3) is 0 Å². The normalized spacial score (nSPS) is 18.5. The Morgan fingerprint density at radius 2 is 2.00 bits per heavy atom. The van der Waals surface area contributed by atoms with E-state index in [4.69, 9.17) is 17.3 Å². The maximum atomic E-state index is 12.2. The topological polar surface area (TPSA) is 63.4 Å². The van der Waals surface area contributed by atoms with E-state index in [1.807, 2.05) is 24.3 Å². The van der Waals surface area contributed by atoms with Gasteiger partial charge in [-0.15, -0.1) is 0 Å². The van der Waals surface area contributed by atoms with Crippen molar-refractivity contribution in [3.63, 3.8) is 0 Å². The minimum absolute atomic E-state index is 0.120. The van der Waals surface area contributed by atoms with Crippen molar-refractivity contribution >= 4 is 23.4 Å². The number of nitrogens with two attached hydrogens (primary N) is 1. The number of hydrogen-bond acceptors (Lipinski definition) is 2. The van der Waals surface area contributed by atoms with Gasteiger partial charge in [-0.25, -0.2) is 0 Å². The van der Waals surface area contributed by atoms with Crippen LogP contribution in [-0.2, 0) is 16.0 Å². The molecule has 1 atom stereocenters. The largest absolute Gasteiger partial charge is 0.369 e. The Balaban J connectivity index is 1.76. The van der Waals surface area contributed by atoms with Gasteiger partial charge in [0, 0.05) is 24.5 Å². The van der Waals surface area contributed by atoms with E-state index >= 15 is 0 Å². The number of aryl methyl sites for hydroxylation is 1. The predicted octanol–water partition coefficient (Wildman–Crippen LogP) is 2.39. The molecule has 1 saturated heterocycles. The molecule has 1 aromatic carbocycles. The van der Waals surface area contributed by atoms with E-state index in [1.54, 1.807) is 4.90 Å².